The van der Waals surface area contributed by atoms with Gasteiger partial charge in [-0.3, -0.25) is 0 Å². The van der Waals surface area contributed by atoms with Crippen LogP contribution in [0.2, 0.25) is 5.02 Å². The molecular formula is C16H13ClN2O3S. The second kappa shape index (κ2) is 6.14. The van der Waals surface area contributed by atoms with Crippen LogP contribution in [-0.4, -0.2) is 18.6 Å². The summed E-state index contributed by atoms with van der Waals surface area (Å²) in [6.45, 7) is 1.90. The molecule has 2 aromatic carbocycles. The topological polar surface area (TPSA) is 73.1 Å². The van der Waals surface area contributed by atoms with Gasteiger partial charge in [0.25, 0.3) is 0 Å². The van der Waals surface area contributed by atoms with Gasteiger partial charge < -0.3 is 4.52 Å². The quantitative estimate of drug-likeness (QED) is 0.719. The maximum Gasteiger partial charge on any atom is 0.242 e. The molecule has 0 aliphatic rings. The zero-order valence-electron chi connectivity index (χ0n) is 12.2. The Morgan fingerprint density at radius 2 is 1.70 bits per heavy atom. The summed E-state index contributed by atoms with van der Waals surface area (Å²) in [4.78, 5) is 4.37. The van der Waals surface area contributed by atoms with Crippen LogP contribution in [0.4, 0.5) is 0 Å². The lowest BCUT2D eigenvalue weighted by atomic mass is 10.2. The smallest absolute Gasteiger partial charge is 0.242 e. The fourth-order valence-corrected chi connectivity index (χ4v) is 3.31. The first-order valence-electron chi connectivity index (χ1n) is 6.82. The molecule has 0 amide bonds. The molecular weight excluding hydrogens is 336 g/mol. The van der Waals surface area contributed by atoms with Crippen molar-refractivity contribution in [3.05, 3.63) is 65.0 Å². The highest BCUT2D eigenvalue weighted by Gasteiger charge is 2.20. The number of hydrogen-bond acceptors (Lipinski definition) is 5. The highest BCUT2D eigenvalue weighted by atomic mass is 35.5. The van der Waals surface area contributed by atoms with E-state index in [-0.39, 0.29) is 16.5 Å². The number of benzene rings is 2. The minimum atomic E-state index is -3.52. The van der Waals surface area contributed by atoms with Gasteiger partial charge in [0.1, 0.15) is 5.75 Å². The second-order valence-electron chi connectivity index (χ2n) is 5.09. The molecule has 1 aromatic heterocycles. The van der Waals surface area contributed by atoms with E-state index >= 15 is 0 Å². The zero-order chi connectivity index (χ0) is 16.4. The molecule has 0 spiro atoms. The first kappa shape index (κ1) is 15.7. The van der Waals surface area contributed by atoms with Crippen molar-refractivity contribution >= 4 is 21.4 Å². The van der Waals surface area contributed by atoms with Crippen molar-refractivity contribution in [2.75, 3.05) is 0 Å². The van der Waals surface area contributed by atoms with Gasteiger partial charge in [0.15, 0.2) is 9.84 Å². The van der Waals surface area contributed by atoms with Crippen LogP contribution in [0, 0.1) is 6.92 Å². The van der Waals surface area contributed by atoms with E-state index in [9.17, 15) is 8.42 Å². The molecule has 0 unspecified atom stereocenters. The number of sulfone groups is 1. The molecule has 0 N–H and O–H groups in total. The molecule has 0 saturated heterocycles. The average Bonchev–Trinajstić information content (AvgIpc) is 2.96. The van der Waals surface area contributed by atoms with Gasteiger partial charge in [0, 0.05) is 10.6 Å². The first-order valence-corrected chi connectivity index (χ1v) is 8.85. The Kier molecular flexibility index (Phi) is 4.19. The SMILES string of the molecule is Cc1ccc(S(=O)(=O)Cc2nc(-c3ccc(Cl)cc3)no2)cc1. The molecule has 1 heterocycles. The van der Waals surface area contributed by atoms with Crippen molar-refractivity contribution in [1.29, 1.82) is 0 Å². The third-order valence-corrected chi connectivity index (χ3v) is 5.13. The minimum absolute atomic E-state index is 0.0514. The van der Waals surface area contributed by atoms with Gasteiger partial charge in [-0.15, -0.1) is 0 Å². The van der Waals surface area contributed by atoms with E-state index in [0.29, 0.717) is 16.4 Å². The predicted molar refractivity (Wildman–Crippen MR) is 86.8 cm³/mol. The molecule has 118 valence electrons. The van der Waals surface area contributed by atoms with Gasteiger partial charge in [-0.25, -0.2) is 8.42 Å². The van der Waals surface area contributed by atoms with E-state index in [0.717, 1.165) is 5.56 Å². The second-order valence-corrected chi connectivity index (χ2v) is 7.52. The summed E-state index contributed by atoms with van der Waals surface area (Å²) in [6, 6.07) is 13.5. The highest BCUT2D eigenvalue weighted by Crippen LogP contribution is 2.21. The summed E-state index contributed by atoms with van der Waals surface area (Å²) < 4.78 is 29.8. The molecule has 23 heavy (non-hydrogen) atoms. The molecule has 7 heteroatoms. The number of hydrogen-bond donors (Lipinski definition) is 0. The standard InChI is InChI=1S/C16H13ClN2O3S/c1-11-2-8-14(9-3-11)23(20,21)10-15-18-16(19-22-15)12-4-6-13(17)7-5-12/h2-9H,10H2,1H3. The molecule has 0 atom stereocenters. The molecule has 0 fully saturated rings. The highest BCUT2D eigenvalue weighted by molar-refractivity contribution is 7.90. The maximum absolute atomic E-state index is 12.4. The Balaban J connectivity index is 1.83. The van der Waals surface area contributed by atoms with Gasteiger partial charge in [-0.1, -0.05) is 34.5 Å². The average molecular weight is 349 g/mol. The molecule has 0 bridgehead atoms. The lowest BCUT2D eigenvalue weighted by Crippen LogP contribution is -2.05. The Hall–Kier alpha value is -2.18. The van der Waals surface area contributed by atoms with Crippen molar-refractivity contribution < 1.29 is 12.9 Å². The van der Waals surface area contributed by atoms with Crippen LogP contribution in [0.15, 0.2) is 57.9 Å². The summed E-state index contributed by atoms with van der Waals surface area (Å²) in [7, 11) is -3.52. The van der Waals surface area contributed by atoms with Crippen LogP contribution in [0.3, 0.4) is 0 Å². The number of rotatable bonds is 4. The molecule has 3 rings (SSSR count). The van der Waals surface area contributed by atoms with Crippen molar-refractivity contribution in [2.45, 2.75) is 17.6 Å². The summed E-state index contributed by atoms with van der Waals surface area (Å²) >= 11 is 5.83. The normalized spacial score (nSPS) is 11.6. The van der Waals surface area contributed by atoms with Crippen molar-refractivity contribution in [1.82, 2.24) is 10.1 Å². The lowest BCUT2D eigenvalue weighted by molar-refractivity contribution is 0.389. The summed E-state index contributed by atoms with van der Waals surface area (Å²) in [5, 5.41) is 4.41. The Morgan fingerprint density at radius 3 is 2.35 bits per heavy atom. The molecule has 0 saturated carbocycles. The third-order valence-electron chi connectivity index (χ3n) is 3.26. The number of aryl methyl sites for hydroxylation is 1. The van der Waals surface area contributed by atoms with E-state index in [1.165, 1.54) is 0 Å². The summed E-state index contributed by atoms with van der Waals surface area (Å²) in [5.41, 5.74) is 1.70. The largest absolute Gasteiger partial charge is 0.338 e. The molecule has 0 radical (unpaired) electrons. The van der Waals surface area contributed by atoms with Gasteiger partial charge in [0.05, 0.1) is 4.90 Å². The van der Waals surface area contributed by atoms with Crippen LogP contribution in [-0.2, 0) is 15.6 Å². The van der Waals surface area contributed by atoms with Crippen LogP contribution >= 0.6 is 11.6 Å². The summed E-state index contributed by atoms with van der Waals surface area (Å²) in [5.74, 6) is 0.0442. The predicted octanol–water partition coefficient (Wildman–Crippen LogP) is 3.67. The fourth-order valence-electron chi connectivity index (χ4n) is 2.02. The first-order chi connectivity index (χ1) is 10.9. The van der Waals surface area contributed by atoms with Crippen LogP contribution in [0.1, 0.15) is 11.5 Å². The van der Waals surface area contributed by atoms with Crippen LogP contribution in [0.5, 0.6) is 0 Å². The van der Waals surface area contributed by atoms with Crippen molar-refractivity contribution in [3.8, 4) is 11.4 Å². The number of aromatic nitrogens is 2. The van der Waals surface area contributed by atoms with Crippen molar-refractivity contribution in [3.63, 3.8) is 0 Å². The summed E-state index contributed by atoms with van der Waals surface area (Å²) in [6.07, 6.45) is 0. The molecule has 3 aromatic rings. The Morgan fingerprint density at radius 1 is 1.04 bits per heavy atom. The number of nitrogens with zero attached hydrogens (tertiary/aromatic N) is 2. The molecule has 0 aliphatic carbocycles. The van der Waals surface area contributed by atoms with E-state index in [2.05, 4.69) is 10.1 Å². The van der Waals surface area contributed by atoms with Crippen LogP contribution < -0.4 is 0 Å². The number of halogens is 1. The Bertz CT molecular complexity index is 917. The van der Waals surface area contributed by atoms with Crippen LogP contribution in [0.25, 0.3) is 11.4 Å². The van der Waals surface area contributed by atoms with Crippen molar-refractivity contribution in [2.24, 2.45) is 0 Å². The fraction of sp³-hybridized carbons (Fsp3) is 0.125. The third kappa shape index (κ3) is 3.60. The minimum Gasteiger partial charge on any atom is -0.338 e. The Labute approximate surface area is 138 Å². The zero-order valence-corrected chi connectivity index (χ0v) is 13.8. The van der Waals surface area contributed by atoms with Gasteiger partial charge in [0.2, 0.25) is 11.7 Å². The van der Waals surface area contributed by atoms with Gasteiger partial charge in [-0.05, 0) is 43.3 Å². The molecule has 5 nitrogen and oxygen atoms in total. The van der Waals surface area contributed by atoms with E-state index in [1.807, 2.05) is 6.92 Å². The van der Waals surface area contributed by atoms with E-state index in [1.54, 1.807) is 48.5 Å². The van der Waals surface area contributed by atoms with E-state index in [4.69, 9.17) is 16.1 Å². The lowest BCUT2D eigenvalue weighted by Gasteiger charge is -2.01. The molecule has 0 aliphatic heterocycles. The van der Waals surface area contributed by atoms with E-state index < -0.39 is 9.84 Å². The monoisotopic (exact) mass is 348 g/mol. The maximum atomic E-state index is 12.4. The van der Waals surface area contributed by atoms with Gasteiger partial charge in [-0.2, -0.15) is 4.98 Å². The van der Waals surface area contributed by atoms with Gasteiger partial charge >= 0.3 is 0 Å².